The SMILES string of the molecule is CCCNC1CCCN(C(CC)(CC)CC)C1=O. The first-order chi connectivity index (χ1) is 8.65. The number of nitrogens with one attached hydrogen (secondary N) is 1. The van der Waals surface area contributed by atoms with Crippen molar-refractivity contribution in [1.29, 1.82) is 0 Å². The summed E-state index contributed by atoms with van der Waals surface area (Å²) in [4.78, 5) is 14.8. The summed E-state index contributed by atoms with van der Waals surface area (Å²) in [5.41, 5.74) is 0.0870. The van der Waals surface area contributed by atoms with Gasteiger partial charge >= 0.3 is 0 Å². The van der Waals surface area contributed by atoms with Gasteiger partial charge in [0.2, 0.25) is 5.91 Å². The van der Waals surface area contributed by atoms with Gasteiger partial charge in [-0.1, -0.05) is 27.7 Å². The Hall–Kier alpha value is -0.570. The van der Waals surface area contributed by atoms with Crippen molar-refractivity contribution in [3.05, 3.63) is 0 Å². The molecule has 1 amide bonds. The van der Waals surface area contributed by atoms with Crippen LogP contribution in [0, 0.1) is 0 Å². The normalized spacial score (nSPS) is 21.4. The van der Waals surface area contributed by atoms with Crippen LogP contribution >= 0.6 is 0 Å². The topological polar surface area (TPSA) is 32.3 Å². The summed E-state index contributed by atoms with van der Waals surface area (Å²) in [5, 5.41) is 3.40. The molecule has 1 N–H and O–H groups in total. The molecule has 0 radical (unpaired) electrons. The minimum Gasteiger partial charge on any atom is -0.336 e. The number of rotatable bonds is 7. The van der Waals surface area contributed by atoms with E-state index < -0.39 is 0 Å². The molecule has 1 heterocycles. The standard InChI is InChI=1S/C15H30N2O/c1-5-11-16-13-10-9-12-17(14(13)18)15(6-2,7-3)8-4/h13,16H,5-12H2,1-4H3. The molecule has 0 aromatic carbocycles. The van der Waals surface area contributed by atoms with E-state index in [0.29, 0.717) is 5.91 Å². The number of carbonyl (C=O) groups is 1. The molecule has 1 unspecified atom stereocenters. The van der Waals surface area contributed by atoms with Crippen LogP contribution in [0.3, 0.4) is 0 Å². The summed E-state index contributed by atoms with van der Waals surface area (Å²) >= 11 is 0. The Bertz CT molecular complexity index is 253. The van der Waals surface area contributed by atoms with E-state index >= 15 is 0 Å². The van der Waals surface area contributed by atoms with E-state index in [1.54, 1.807) is 0 Å². The molecule has 0 aliphatic carbocycles. The van der Waals surface area contributed by atoms with Crippen molar-refractivity contribution in [2.45, 2.75) is 77.8 Å². The van der Waals surface area contributed by atoms with Crippen LogP contribution in [0.15, 0.2) is 0 Å². The summed E-state index contributed by atoms with van der Waals surface area (Å²) in [7, 11) is 0. The van der Waals surface area contributed by atoms with Crippen molar-refractivity contribution < 1.29 is 4.79 Å². The second-order valence-corrected chi connectivity index (χ2v) is 5.42. The average Bonchev–Trinajstić information content (AvgIpc) is 2.41. The Morgan fingerprint density at radius 1 is 1.22 bits per heavy atom. The Morgan fingerprint density at radius 2 is 1.83 bits per heavy atom. The summed E-state index contributed by atoms with van der Waals surface area (Å²) in [6.07, 6.45) is 6.41. The maximum atomic E-state index is 12.6. The minimum absolute atomic E-state index is 0.0581. The van der Waals surface area contributed by atoms with Gasteiger partial charge in [-0.05, 0) is 45.1 Å². The van der Waals surface area contributed by atoms with Crippen LogP contribution in [0.1, 0.15) is 66.2 Å². The third-order valence-electron chi connectivity index (χ3n) is 4.63. The van der Waals surface area contributed by atoms with Gasteiger partial charge in [-0.25, -0.2) is 0 Å². The van der Waals surface area contributed by atoms with Gasteiger partial charge in [0, 0.05) is 12.1 Å². The number of hydrogen-bond donors (Lipinski definition) is 1. The number of likely N-dealkylation sites (tertiary alicyclic amines) is 1. The lowest BCUT2D eigenvalue weighted by molar-refractivity contribution is -0.144. The lowest BCUT2D eigenvalue weighted by Gasteiger charge is -2.47. The first-order valence-electron chi connectivity index (χ1n) is 7.70. The zero-order valence-electron chi connectivity index (χ0n) is 12.6. The number of nitrogens with zero attached hydrogens (tertiary/aromatic N) is 1. The van der Waals surface area contributed by atoms with Gasteiger partial charge in [0.15, 0.2) is 0 Å². The molecule has 1 rings (SSSR count). The molecule has 1 saturated heterocycles. The highest BCUT2D eigenvalue weighted by atomic mass is 16.2. The summed E-state index contributed by atoms with van der Waals surface area (Å²) in [6.45, 7) is 10.7. The van der Waals surface area contributed by atoms with Crippen molar-refractivity contribution >= 4 is 5.91 Å². The first-order valence-corrected chi connectivity index (χ1v) is 7.70. The summed E-state index contributed by atoms with van der Waals surface area (Å²) in [5.74, 6) is 0.334. The summed E-state index contributed by atoms with van der Waals surface area (Å²) in [6, 6.07) is 0.0581. The molecule has 1 aliphatic rings. The smallest absolute Gasteiger partial charge is 0.240 e. The highest BCUT2D eigenvalue weighted by Gasteiger charge is 2.39. The molecule has 0 bridgehead atoms. The largest absolute Gasteiger partial charge is 0.336 e. The molecule has 1 fully saturated rings. The third kappa shape index (κ3) is 3.05. The van der Waals surface area contributed by atoms with E-state index in [2.05, 4.69) is 37.9 Å². The lowest BCUT2D eigenvalue weighted by Crippen LogP contribution is -2.59. The van der Waals surface area contributed by atoms with E-state index in [-0.39, 0.29) is 11.6 Å². The molecule has 106 valence electrons. The molecule has 3 heteroatoms. The number of amides is 1. The minimum atomic E-state index is 0.0581. The van der Waals surface area contributed by atoms with Crippen molar-refractivity contribution in [3.8, 4) is 0 Å². The van der Waals surface area contributed by atoms with Gasteiger partial charge in [-0.2, -0.15) is 0 Å². The Kier molecular flexibility index (Phi) is 6.13. The quantitative estimate of drug-likeness (QED) is 0.757. The first kappa shape index (κ1) is 15.5. The molecular formula is C15H30N2O. The number of piperidine rings is 1. The van der Waals surface area contributed by atoms with Gasteiger partial charge in [0.1, 0.15) is 0 Å². The Morgan fingerprint density at radius 3 is 2.33 bits per heavy atom. The van der Waals surface area contributed by atoms with Crippen LogP contribution in [0.5, 0.6) is 0 Å². The third-order valence-corrected chi connectivity index (χ3v) is 4.63. The van der Waals surface area contributed by atoms with Crippen molar-refractivity contribution in [2.75, 3.05) is 13.1 Å². The van der Waals surface area contributed by atoms with Crippen molar-refractivity contribution in [1.82, 2.24) is 10.2 Å². The molecular weight excluding hydrogens is 224 g/mol. The molecule has 1 aliphatic heterocycles. The zero-order valence-corrected chi connectivity index (χ0v) is 12.6. The molecule has 0 aromatic heterocycles. The summed E-state index contributed by atoms with van der Waals surface area (Å²) < 4.78 is 0. The van der Waals surface area contributed by atoms with Crippen molar-refractivity contribution in [2.24, 2.45) is 0 Å². The fourth-order valence-corrected chi connectivity index (χ4v) is 3.18. The Balaban J connectivity index is 2.78. The van der Waals surface area contributed by atoms with Crippen LogP contribution in [0.25, 0.3) is 0 Å². The van der Waals surface area contributed by atoms with Crippen LogP contribution < -0.4 is 5.32 Å². The van der Waals surface area contributed by atoms with Crippen LogP contribution in [0.2, 0.25) is 0 Å². The maximum Gasteiger partial charge on any atom is 0.240 e. The van der Waals surface area contributed by atoms with Gasteiger partial charge in [-0.3, -0.25) is 4.79 Å². The van der Waals surface area contributed by atoms with E-state index in [1.807, 2.05) is 0 Å². The second kappa shape index (κ2) is 7.13. The van der Waals surface area contributed by atoms with E-state index in [0.717, 1.165) is 51.6 Å². The number of hydrogen-bond acceptors (Lipinski definition) is 2. The van der Waals surface area contributed by atoms with E-state index in [1.165, 1.54) is 0 Å². The van der Waals surface area contributed by atoms with Gasteiger partial charge < -0.3 is 10.2 Å². The van der Waals surface area contributed by atoms with Crippen LogP contribution in [-0.2, 0) is 4.79 Å². The predicted molar refractivity (Wildman–Crippen MR) is 76.6 cm³/mol. The molecule has 0 spiro atoms. The highest BCUT2D eigenvalue weighted by Crippen LogP contribution is 2.31. The molecule has 3 nitrogen and oxygen atoms in total. The molecule has 0 aromatic rings. The van der Waals surface area contributed by atoms with E-state index in [4.69, 9.17) is 0 Å². The molecule has 1 atom stereocenters. The van der Waals surface area contributed by atoms with E-state index in [9.17, 15) is 4.79 Å². The Labute approximate surface area is 112 Å². The fraction of sp³-hybridized carbons (Fsp3) is 0.933. The predicted octanol–water partition coefficient (Wildman–Crippen LogP) is 2.95. The van der Waals surface area contributed by atoms with Gasteiger partial charge in [-0.15, -0.1) is 0 Å². The second-order valence-electron chi connectivity index (χ2n) is 5.42. The maximum absolute atomic E-state index is 12.6. The van der Waals surface area contributed by atoms with Crippen molar-refractivity contribution in [3.63, 3.8) is 0 Å². The average molecular weight is 254 g/mol. The van der Waals surface area contributed by atoms with Gasteiger partial charge in [0.25, 0.3) is 0 Å². The van der Waals surface area contributed by atoms with Gasteiger partial charge in [0.05, 0.1) is 6.04 Å². The number of carbonyl (C=O) groups excluding carboxylic acids is 1. The van der Waals surface area contributed by atoms with Crippen LogP contribution in [-0.4, -0.2) is 35.5 Å². The monoisotopic (exact) mass is 254 g/mol. The fourth-order valence-electron chi connectivity index (χ4n) is 3.18. The molecule has 18 heavy (non-hydrogen) atoms. The lowest BCUT2D eigenvalue weighted by atomic mass is 9.85. The highest BCUT2D eigenvalue weighted by molar-refractivity contribution is 5.83. The molecule has 0 saturated carbocycles. The van der Waals surface area contributed by atoms with Crippen LogP contribution in [0.4, 0.5) is 0 Å². The zero-order chi connectivity index (χ0) is 13.6.